The molecule has 0 spiro atoms. The lowest BCUT2D eigenvalue weighted by Crippen LogP contribution is -2.00. The summed E-state index contributed by atoms with van der Waals surface area (Å²) in [5.41, 5.74) is -0.0964. The molecule has 0 amide bonds. The molecule has 0 saturated carbocycles. The first-order valence-electron chi connectivity index (χ1n) is 3.90. The Balaban J connectivity index is 3.24. The minimum atomic E-state index is -1.21. The first-order chi connectivity index (χ1) is 6.54. The number of halogens is 2. The van der Waals surface area contributed by atoms with Crippen LogP contribution in [0.25, 0.3) is 5.57 Å². The highest BCUT2D eigenvalue weighted by atomic mass is 19.1. The van der Waals surface area contributed by atoms with Crippen molar-refractivity contribution < 1.29 is 18.7 Å². The molecule has 0 saturated heterocycles. The molecule has 2 nitrogen and oxygen atoms in total. The van der Waals surface area contributed by atoms with Gasteiger partial charge in [0.1, 0.15) is 11.6 Å². The zero-order chi connectivity index (χ0) is 10.7. The van der Waals surface area contributed by atoms with Gasteiger partial charge in [0.2, 0.25) is 0 Å². The van der Waals surface area contributed by atoms with Crippen LogP contribution in [-0.2, 0) is 4.79 Å². The molecular weight excluding hydrogens is 190 g/mol. The molecule has 0 radical (unpaired) electrons. The Bertz CT molecular complexity index is 377. The predicted octanol–water partition coefficient (Wildman–Crippen LogP) is 2.45. The number of hydrogen-bond donors (Lipinski definition) is 1. The van der Waals surface area contributed by atoms with Crippen LogP contribution in [0, 0.1) is 11.6 Å². The molecular formula is C10H8F2O2. The Hall–Kier alpha value is -1.71. The molecule has 0 aliphatic carbocycles. The van der Waals surface area contributed by atoms with Gasteiger partial charge in [-0.25, -0.2) is 13.6 Å². The molecule has 0 aromatic heterocycles. The highest BCUT2D eigenvalue weighted by Gasteiger charge is 2.11. The van der Waals surface area contributed by atoms with Crippen molar-refractivity contribution in [3.8, 4) is 0 Å². The summed E-state index contributed by atoms with van der Waals surface area (Å²) >= 11 is 0. The van der Waals surface area contributed by atoms with E-state index in [0.29, 0.717) is 6.07 Å². The monoisotopic (exact) mass is 198 g/mol. The zero-order valence-corrected chi connectivity index (χ0v) is 7.42. The van der Waals surface area contributed by atoms with Gasteiger partial charge < -0.3 is 5.11 Å². The molecule has 0 bridgehead atoms. The summed E-state index contributed by atoms with van der Waals surface area (Å²) in [6.07, 6.45) is 1.29. The Labute approximate surface area is 79.5 Å². The van der Waals surface area contributed by atoms with E-state index in [1.54, 1.807) is 0 Å². The number of benzene rings is 1. The van der Waals surface area contributed by atoms with E-state index in [-0.39, 0.29) is 11.1 Å². The molecule has 1 N–H and O–H groups in total. The first kappa shape index (κ1) is 10.4. The highest BCUT2D eigenvalue weighted by molar-refractivity contribution is 6.15. The first-order valence-corrected chi connectivity index (χ1v) is 3.90. The zero-order valence-electron chi connectivity index (χ0n) is 7.42. The molecule has 14 heavy (non-hydrogen) atoms. The van der Waals surface area contributed by atoms with Crippen LogP contribution in [0.2, 0.25) is 0 Å². The van der Waals surface area contributed by atoms with Gasteiger partial charge in [0.25, 0.3) is 0 Å². The maximum Gasteiger partial charge on any atom is 0.335 e. The van der Waals surface area contributed by atoms with Gasteiger partial charge in [-0.05, 0) is 24.6 Å². The summed E-state index contributed by atoms with van der Waals surface area (Å²) in [6, 6.07) is 2.65. The lowest BCUT2D eigenvalue weighted by Gasteiger charge is -2.02. The molecule has 1 aromatic rings. The van der Waals surface area contributed by atoms with E-state index in [4.69, 9.17) is 5.11 Å². The van der Waals surface area contributed by atoms with Crippen molar-refractivity contribution in [1.82, 2.24) is 0 Å². The molecule has 0 unspecified atom stereocenters. The fourth-order valence-corrected chi connectivity index (χ4v) is 1.12. The van der Waals surface area contributed by atoms with Crippen LogP contribution in [0.4, 0.5) is 8.78 Å². The summed E-state index contributed by atoms with van der Waals surface area (Å²) in [4.78, 5) is 10.6. The van der Waals surface area contributed by atoms with Gasteiger partial charge in [-0.1, -0.05) is 6.08 Å². The Kier molecular flexibility index (Phi) is 2.96. The second-order valence-corrected chi connectivity index (χ2v) is 2.67. The summed E-state index contributed by atoms with van der Waals surface area (Å²) in [7, 11) is 0. The van der Waals surface area contributed by atoms with Crippen LogP contribution in [0.3, 0.4) is 0 Å². The van der Waals surface area contributed by atoms with Gasteiger partial charge in [-0.2, -0.15) is 0 Å². The van der Waals surface area contributed by atoms with E-state index in [0.717, 1.165) is 12.1 Å². The number of carbonyl (C=O) groups is 1. The molecule has 0 aliphatic rings. The number of hydrogen-bond acceptors (Lipinski definition) is 1. The van der Waals surface area contributed by atoms with Crippen molar-refractivity contribution in [2.45, 2.75) is 6.92 Å². The Morgan fingerprint density at radius 1 is 1.29 bits per heavy atom. The second kappa shape index (κ2) is 4.00. The molecule has 74 valence electrons. The van der Waals surface area contributed by atoms with Crippen LogP contribution >= 0.6 is 0 Å². The van der Waals surface area contributed by atoms with E-state index in [2.05, 4.69) is 0 Å². The van der Waals surface area contributed by atoms with E-state index in [1.165, 1.54) is 13.0 Å². The molecule has 1 rings (SSSR count). The molecule has 1 aromatic carbocycles. The summed E-state index contributed by atoms with van der Waals surface area (Å²) in [5.74, 6) is -2.79. The summed E-state index contributed by atoms with van der Waals surface area (Å²) < 4.78 is 25.5. The summed E-state index contributed by atoms with van der Waals surface area (Å²) in [5, 5.41) is 8.70. The highest BCUT2D eigenvalue weighted by Crippen LogP contribution is 2.17. The minimum Gasteiger partial charge on any atom is -0.478 e. The van der Waals surface area contributed by atoms with Crippen LogP contribution in [0.15, 0.2) is 24.3 Å². The van der Waals surface area contributed by atoms with Gasteiger partial charge in [-0.3, -0.25) is 0 Å². The third-order valence-electron chi connectivity index (χ3n) is 1.69. The predicted molar refractivity (Wildman–Crippen MR) is 47.6 cm³/mol. The topological polar surface area (TPSA) is 37.3 Å². The lowest BCUT2D eigenvalue weighted by atomic mass is 10.1. The number of rotatable bonds is 2. The van der Waals surface area contributed by atoms with Gasteiger partial charge >= 0.3 is 5.97 Å². The van der Waals surface area contributed by atoms with E-state index < -0.39 is 17.6 Å². The fourth-order valence-electron chi connectivity index (χ4n) is 1.12. The Morgan fingerprint density at radius 3 is 2.14 bits per heavy atom. The van der Waals surface area contributed by atoms with E-state index in [1.807, 2.05) is 0 Å². The SMILES string of the molecule is CC=C(C(=O)O)c1cc(F)cc(F)c1. The standard InChI is InChI=1S/C10H8F2O2/c1-2-9(10(13)14)6-3-7(11)5-8(12)4-6/h2-5H,1H3,(H,13,14). The average Bonchev–Trinajstić information content (AvgIpc) is 2.02. The maximum atomic E-state index is 12.7. The van der Waals surface area contributed by atoms with Crippen molar-refractivity contribution in [1.29, 1.82) is 0 Å². The van der Waals surface area contributed by atoms with Crippen LogP contribution in [0.1, 0.15) is 12.5 Å². The van der Waals surface area contributed by atoms with Crippen molar-refractivity contribution >= 4 is 11.5 Å². The Morgan fingerprint density at radius 2 is 1.79 bits per heavy atom. The number of aliphatic carboxylic acids is 1. The molecule has 0 heterocycles. The van der Waals surface area contributed by atoms with Gasteiger partial charge in [-0.15, -0.1) is 0 Å². The molecule has 0 fully saturated rings. The number of carboxylic acids is 1. The van der Waals surface area contributed by atoms with Crippen molar-refractivity contribution in [3.63, 3.8) is 0 Å². The number of carboxylic acid groups (broad SMARTS) is 1. The van der Waals surface area contributed by atoms with Crippen molar-refractivity contribution in [2.75, 3.05) is 0 Å². The maximum absolute atomic E-state index is 12.7. The molecule has 0 aliphatic heterocycles. The van der Waals surface area contributed by atoms with E-state index >= 15 is 0 Å². The van der Waals surface area contributed by atoms with Gasteiger partial charge in [0.05, 0.1) is 5.57 Å². The van der Waals surface area contributed by atoms with E-state index in [9.17, 15) is 13.6 Å². The largest absolute Gasteiger partial charge is 0.478 e. The smallest absolute Gasteiger partial charge is 0.335 e. The third kappa shape index (κ3) is 2.16. The average molecular weight is 198 g/mol. The minimum absolute atomic E-state index is 0.0255. The van der Waals surface area contributed by atoms with Crippen LogP contribution in [0.5, 0.6) is 0 Å². The van der Waals surface area contributed by atoms with Crippen LogP contribution < -0.4 is 0 Å². The second-order valence-electron chi connectivity index (χ2n) is 2.67. The van der Waals surface area contributed by atoms with Crippen LogP contribution in [-0.4, -0.2) is 11.1 Å². The normalized spacial score (nSPS) is 11.5. The quantitative estimate of drug-likeness (QED) is 0.741. The number of allylic oxidation sites excluding steroid dienone is 1. The lowest BCUT2D eigenvalue weighted by molar-refractivity contribution is -0.130. The third-order valence-corrected chi connectivity index (χ3v) is 1.69. The van der Waals surface area contributed by atoms with Crippen molar-refractivity contribution in [2.24, 2.45) is 0 Å². The van der Waals surface area contributed by atoms with Gasteiger partial charge in [0, 0.05) is 6.07 Å². The molecule has 4 heteroatoms. The van der Waals surface area contributed by atoms with Crippen molar-refractivity contribution in [3.05, 3.63) is 41.5 Å². The van der Waals surface area contributed by atoms with Gasteiger partial charge in [0.15, 0.2) is 0 Å². The fraction of sp³-hybridized carbons (Fsp3) is 0.100. The summed E-state index contributed by atoms with van der Waals surface area (Å²) in [6.45, 7) is 1.49. The molecule has 0 atom stereocenters.